The van der Waals surface area contributed by atoms with Gasteiger partial charge in [-0.2, -0.15) is 0 Å². The van der Waals surface area contributed by atoms with Gasteiger partial charge in [0.25, 0.3) is 5.69 Å². The van der Waals surface area contributed by atoms with Crippen molar-refractivity contribution >= 4 is 11.4 Å². The number of hydrogen-bond acceptors (Lipinski definition) is 5. The number of nitro groups is 1. The molecule has 2 rings (SSSR count). The quantitative estimate of drug-likeness (QED) is 0.650. The second kappa shape index (κ2) is 6.62. The van der Waals surface area contributed by atoms with E-state index in [9.17, 15) is 14.5 Å². The number of anilines is 1. The zero-order valence-corrected chi connectivity index (χ0v) is 11.2. The average molecular weight is 283 g/mol. The van der Waals surface area contributed by atoms with Crippen LogP contribution < -0.4 is 4.90 Å². The first-order valence-electron chi connectivity index (χ1n) is 6.64. The van der Waals surface area contributed by atoms with E-state index in [4.69, 9.17) is 5.11 Å². The molecule has 0 aromatic heterocycles. The van der Waals surface area contributed by atoms with Gasteiger partial charge in [0.2, 0.25) is 0 Å². The van der Waals surface area contributed by atoms with E-state index in [2.05, 4.69) is 4.90 Å². The molecule has 1 aromatic rings. The summed E-state index contributed by atoms with van der Waals surface area (Å²) in [5, 5.41) is 19.8. The van der Waals surface area contributed by atoms with Crippen LogP contribution in [0.15, 0.2) is 18.2 Å². The molecule has 0 amide bonds. The number of rotatable bonds is 5. The monoisotopic (exact) mass is 283 g/mol. The number of aliphatic hydroxyl groups is 1. The molecule has 0 bridgehead atoms. The van der Waals surface area contributed by atoms with Gasteiger partial charge in [0.15, 0.2) is 0 Å². The average Bonchev–Trinajstić information content (AvgIpc) is 2.45. The molecule has 20 heavy (non-hydrogen) atoms. The lowest BCUT2D eigenvalue weighted by molar-refractivity contribution is -0.384. The van der Waals surface area contributed by atoms with Gasteiger partial charge in [-0.15, -0.1) is 0 Å². The van der Waals surface area contributed by atoms with Crippen molar-refractivity contribution in [1.82, 2.24) is 4.90 Å². The van der Waals surface area contributed by atoms with E-state index >= 15 is 0 Å². The highest BCUT2D eigenvalue weighted by atomic mass is 19.1. The van der Waals surface area contributed by atoms with E-state index in [1.165, 1.54) is 12.1 Å². The van der Waals surface area contributed by atoms with Gasteiger partial charge >= 0.3 is 0 Å². The van der Waals surface area contributed by atoms with Crippen LogP contribution in [0.4, 0.5) is 15.8 Å². The molecule has 0 atom stereocenters. The number of hydrogen-bond donors (Lipinski definition) is 1. The molecule has 0 radical (unpaired) electrons. The summed E-state index contributed by atoms with van der Waals surface area (Å²) in [6.45, 7) is 3.90. The normalized spacial score (nSPS) is 16.4. The van der Waals surface area contributed by atoms with Gasteiger partial charge in [0.05, 0.1) is 11.0 Å². The zero-order chi connectivity index (χ0) is 14.5. The third kappa shape index (κ3) is 3.43. The highest BCUT2D eigenvalue weighted by molar-refractivity contribution is 5.63. The van der Waals surface area contributed by atoms with Crippen molar-refractivity contribution in [3.63, 3.8) is 0 Å². The number of aliphatic hydroxyl groups excluding tert-OH is 1. The van der Waals surface area contributed by atoms with E-state index in [1.807, 2.05) is 4.90 Å². The molecule has 0 saturated carbocycles. The van der Waals surface area contributed by atoms with Crippen LogP contribution in [0.1, 0.15) is 6.42 Å². The minimum atomic E-state index is -0.595. The van der Waals surface area contributed by atoms with Gasteiger partial charge in [-0.05, 0) is 18.6 Å². The molecule has 1 heterocycles. The summed E-state index contributed by atoms with van der Waals surface area (Å²) in [5.74, 6) is -0.595. The fraction of sp³-hybridized carbons (Fsp3) is 0.538. The third-order valence-electron chi connectivity index (χ3n) is 3.48. The van der Waals surface area contributed by atoms with Gasteiger partial charge in [0, 0.05) is 39.3 Å². The zero-order valence-electron chi connectivity index (χ0n) is 11.2. The molecule has 7 heteroatoms. The molecular weight excluding hydrogens is 265 g/mol. The number of benzene rings is 1. The van der Waals surface area contributed by atoms with Crippen LogP contribution in [0.3, 0.4) is 0 Å². The first-order chi connectivity index (χ1) is 9.61. The summed E-state index contributed by atoms with van der Waals surface area (Å²) in [4.78, 5) is 14.6. The smallest absolute Gasteiger partial charge is 0.295 e. The first-order valence-corrected chi connectivity index (χ1v) is 6.64. The fourth-order valence-corrected chi connectivity index (χ4v) is 2.42. The Kier molecular flexibility index (Phi) is 4.86. The number of piperazine rings is 1. The first kappa shape index (κ1) is 14.7. The molecule has 0 aliphatic carbocycles. The second-order valence-corrected chi connectivity index (χ2v) is 4.80. The Hall–Kier alpha value is -1.73. The van der Waals surface area contributed by atoms with Crippen LogP contribution in [0.25, 0.3) is 0 Å². The summed E-state index contributed by atoms with van der Waals surface area (Å²) in [7, 11) is 0. The SMILES string of the molecule is O=[N+]([O-])c1cc(F)ccc1N1CCN(CCCO)CC1. The van der Waals surface area contributed by atoms with Crippen LogP contribution in [-0.2, 0) is 0 Å². The number of halogens is 1. The molecule has 1 aromatic carbocycles. The fourth-order valence-electron chi connectivity index (χ4n) is 2.42. The van der Waals surface area contributed by atoms with Crippen molar-refractivity contribution in [1.29, 1.82) is 0 Å². The molecule has 1 N–H and O–H groups in total. The summed E-state index contributed by atoms with van der Waals surface area (Å²) in [6, 6.07) is 3.69. The summed E-state index contributed by atoms with van der Waals surface area (Å²) in [6.07, 6.45) is 0.733. The third-order valence-corrected chi connectivity index (χ3v) is 3.48. The second-order valence-electron chi connectivity index (χ2n) is 4.80. The Morgan fingerprint density at radius 2 is 2.00 bits per heavy atom. The van der Waals surface area contributed by atoms with Crippen molar-refractivity contribution < 1.29 is 14.4 Å². The number of nitro benzene ring substituents is 1. The minimum absolute atomic E-state index is 0.170. The van der Waals surface area contributed by atoms with E-state index in [0.717, 1.165) is 32.1 Å². The molecule has 6 nitrogen and oxygen atoms in total. The van der Waals surface area contributed by atoms with Crippen LogP contribution in [-0.4, -0.2) is 54.3 Å². The van der Waals surface area contributed by atoms with Crippen molar-refractivity contribution in [3.8, 4) is 0 Å². The lowest BCUT2D eigenvalue weighted by Crippen LogP contribution is -2.46. The lowest BCUT2D eigenvalue weighted by atomic mass is 10.2. The molecule has 1 aliphatic rings. The Morgan fingerprint density at radius 3 is 2.60 bits per heavy atom. The van der Waals surface area contributed by atoms with Crippen LogP contribution >= 0.6 is 0 Å². The Balaban J connectivity index is 2.05. The van der Waals surface area contributed by atoms with Crippen LogP contribution in [0.2, 0.25) is 0 Å². The predicted molar refractivity (Wildman–Crippen MR) is 73.4 cm³/mol. The maximum absolute atomic E-state index is 13.1. The van der Waals surface area contributed by atoms with Crippen LogP contribution in [0, 0.1) is 15.9 Å². The Labute approximate surface area is 116 Å². The molecule has 1 saturated heterocycles. The summed E-state index contributed by atoms with van der Waals surface area (Å²) >= 11 is 0. The number of nitrogens with zero attached hydrogens (tertiary/aromatic N) is 3. The summed E-state index contributed by atoms with van der Waals surface area (Å²) in [5.41, 5.74) is 0.284. The topological polar surface area (TPSA) is 69.9 Å². The van der Waals surface area contributed by atoms with Gasteiger partial charge in [-0.1, -0.05) is 0 Å². The van der Waals surface area contributed by atoms with Crippen molar-refractivity contribution in [3.05, 3.63) is 34.1 Å². The van der Waals surface area contributed by atoms with Crippen molar-refractivity contribution in [2.24, 2.45) is 0 Å². The van der Waals surface area contributed by atoms with Gasteiger partial charge in [-0.25, -0.2) is 4.39 Å². The molecule has 0 unspecified atom stereocenters. The minimum Gasteiger partial charge on any atom is -0.396 e. The Bertz CT molecular complexity index is 476. The molecule has 110 valence electrons. The highest BCUT2D eigenvalue weighted by Crippen LogP contribution is 2.29. The lowest BCUT2D eigenvalue weighted by Gasteiger charge is -2.35. The Morgan fingerprint density at radius 1 is 1.30 bits per heavy atom. The van der Waals surface area contributed by atoms with E-state index in [-0.39, 0.29) is 12.3 Å². The molecular formula is C13H18FN3O3. The molecule has 1 fully saturated rings. The standard InChI is InChI=1S/C13H18FN3O3/c14-11-2-3-12(13(10-11)17(19)20)16-7-5-15(6-8-16)4-1-9-18/h2-3,10,18H,1,4-9H2. The van der Waals surface area contributed by atoms with Gasteiger partial charge in [-0.3, -0.25) is 15.0 Å². The summed E-state index contributed by atoms with van der Waals surface area (Å²) < 4.78 is 13.1. The highest BCUT2D eigenvalue weighted by Gasteiger charge is 2.23. The van der Waals surface area contributed by atoms with E-state index < -0.39 is 10.7 Å². The van der Waals surface area contributed by atoms with E-state index in [1.54, 1.807) is 0 Å². The van der Waals surface area contributed by atoms with Crippen molar-refractivity contribution in [2.75, 3.05) is 44.2 Å². The molecule has 0 spiro atoms. The predicted octanol–water partition coefficient (Wildman–Crippen LogP) is 1.24. The van der Waals surface area contributed by atoms with Crippen LogP contribution in [0.5, 0.6) is 0 Å². The molecule has 1 aliphatic heterocycles. The maximum Gasteiger partial charge on any atom is 0.295 e. The van der Waals surface area contributed by atoms with Gasteiger partial charge < -0.3 is 10.0 Å². The van der Waals surface area contributed by atoms with Gasteiger partial charge in [0.1, 0.15) is 11.5 Å². The largest absolute Gasteiger partial charge is 0.396 e. The maximum atomic E-state index is 13.1. The van der Waals surface area contributed by atoms with E-state index in [0.29, 0.717) is 18.8 Å². The van der Waals surface area contributed by atoms with Crippen molar-refractivity contribution in [2.45, 2.75) is 6.42 Å².